The van der Waals surface area contributed by atoms with Gasteiger partial charge in [0.1, 0.15) is 11.8 Å². The first-order valence-electron chi connectivity index (χ1n) is 5.20. The lowest BCUT2D eigenvalue weighted by atomic mass is 10.1. The fourth-order valence-corrected chi connectivity index (χ4v) is 1.45. The van der Waals surface area contributed by atoms with Gasteiger partial charge in [-0.25, -0.2) is 0 Å². The first kappa shape index (κ1) is 13.8. The number of nitrogens with zero attached hydrogens (tertiary/aromatic N) is 1. The van der Waals surface area contributed by atoms with Gasteiger partial charge in [-0.2, -0.15) is 13.2 Å². The van der Waals surface area contributed by atoms with Crippen molar-refractivity contribution in [3.8, 4) is 5.75 Å². The van der Waals surface area contributed by atoms with Crippen molar-refractivity contribution in [2.45, 2.75) is 32.2 Å². The molecule has 0 amide bonds. The van der Waals surface area contributed by atoms with Crippen molar-refractivity contribution in [2.24, 2.45) is 0 Å². The van der Waals surface area contributed by atoms with Gasteiger partial charge in [0.2, 0.25) is 0 Å². The van der Waals surface area contributed by atoms with Crippen molar-refractivity contribution >= 4 is 0 Å². The van der Waals surface area contributed by atoms with Crippen molar-refractivity contribution in [1.82, 2.24) is 10.3 Å². The molecular weight excluding hydrogens is 233 g/mol. The van der Waals surface area contributed by atoms with Crippen LogP contribution in [0.15, 0.2) is 18.5 Å². The van der Waals surface area contributed by atoms with E-state index in [0.717, 1.165) is 0 Å². The van der Waals surface area contributed by atoms with Gasteiger partial charge in [0.05, 0.1) is 12.3 Å². The predicted molar refractivity (Wildman–Crippen MR) is 57.9 cm³/mol. The zero-order chi connectivity index (χ0) is 13.1. The highest BCUT2D eigenvalue weighted by atomic mass is 19.4. The van der Waals surface area contributed by atoms with Gasteiger partial charge in [-0.1, -0.05) is 0 Å². The van der Waals surface area contributed by atoms with Crippen LogP contribution in [0.25, 0.3) is 0 Å². The molecule has 1 aromatic rings. The molecule has 1 heterocycles. The number of pyridine rings is 1. The minimum atomic E-state index is -4.35. The predicted octanol–water partition coefficient (Wildman–Crippen LogP) is 2.69. The van der Waals surface area contributed by atoms with E-state index in [0.29, 0.717) is 5.75 Å². The van der Waals surface area contributed by atoms with E-state index >= 15 is 0 Å². The molecule has 0 radical (unpaired) electrons. The van der Waals surface area contributed by atoms with E-state index < -0.39 is 12.2 Å². The molecule has 1 atom stereocenters. The number of halogens is 3. The summed E-state index contributed by atoms with van der Waals surface area (Å²) in [6, 6.07) is -0.382. The molecule has 0 aliphatic heterocycles. The summed E-state index contributed by atoms with van der Waals surface area (Å²) in [5.74, 6) is 0.335. The van der Waals surface area contributed by atoms with E-state index in [1.165, 1.54) is 25.5 Å². The van der Waals surface area contributed by atoms with Gasteiger partial charge in [-0.3, -0.25) is 4.98 Å². The minimum Gasteiger partial charge on any atom is -0.489 e. The normalized spacial score (nSPS) is 13.8. The third-order valence-electron chi connectivity index (χ3n) is 2.06. The summed E-state index contributed by atoms with van der Waals surface area (Å²) < 4.78 is 43.3. The molecular formula is C11H15F3N2O. The quantitative estimate of drug-likeness (QED) is 0.889. The monoisotopic (exact) mass is 248 g/mol. The average molecular weight is 248 g/mol. The maximum absolute atomic E-state index is 12.7. The Balaban J connectivity index is 2.97. The summed E-state index contributed by atoms with van der Waals surface area (Å²) in [7, 11) is 1.26. The van der Waals surface area contributed by atoms with Crippen LogP contribution in [0.4, 0.5) is 13.2 Å². The molecule has 0 bridgehead atoms. The van der Waals surface area contributed by atoms with Gasteiger partial charge in [-0.15, -0.1) is 0 Å². The fourth-order valence-electron chi connectivity index (χ4n) is 1.45. The van der Waals surface area contributed by atoms with Crippen molar-refractivity contribution in [1.29, 1.82) is 0 Å². The van der Waals surface area contributed by atoms with Crippen molar-refractivity contribution < 1.29 is 17.9 Å². The van der Waals surface area contributed by atoms with Crippen LogP contribution in [-0.4, -0.2) is 24.3 Å². The van der Waals surface area contributed by atoms with Crippen LogP contribution in [0.3, 0.4) is 0 Å². The summed E-state index contributed by atoms with van der Waals surface area (Å²) >= 11 is 0. The zero-order valence-corrected chi connectivity index (χ0v) is 9.88. The Morgan fingerprint density at radius 3 is 2.41 bits per heavy atom. The Hall–Kier alpha value is -1.30. The van der Waals surface area contributed by atoms with E-state index in [1.54, 1.807) is 13.8 Å². The molecule has 0 fully saturated rings. The largest absolute Gasteiger partial charge is 0.489 e. The van der Waals surface area contributed by atoms with E-state index in [2.05, 4.69) is 10.3 Å². The second-order valence-corrected chi connectivity index (χ2v) is 3.88. The first-order chi connectivity index (χ1) is 7.84. The molecule has 96 valence electrons. The third kappa shape index (κ3) is 3.89. The third-order valence-corrected chi connectivity index (χ3v) is 2.06. The molecule has 1 N–H and O–H groups in total. The Labute approximate surface area is 98.0 Å². The molecule has 0 saturated carbocycles. The number of alkyl halides is 3. The van der Waals surface area contributed by atoms with Crippen LogP contribution < -0.4 is 10.1 Å². The van der Waals surface area contributed by atoms with Crippen LogP contribution >= 0.6 is 0 Å². The first-order valence-corrected chi connectivity index (χ1v) is 5.20. The van der Waals surface area contributed by atoms with Gasteiger partial charge in [0.15, 0.2) is 0 Å². The number of rotatable bonds is 4. The lowest BCUT2D eigenvalue weighted by Crippen LogP contribution is -2.31. The maximum Gasteiger partial charge on any atom is 0.407 e. The smallest absolute Gasteiger partial charge is 0.407 e. The second-order valence-electron chi connectivity index (χ2n) is 3.88. The van der Waals surface area contributed by atoms with E-state index in [9.17, 15) is 13.2 Å². The topological polar surface area (TPSA) is 34.2 Å². The van der Waals surface area contributed by atoms with Crippen LogP contribution in [0.5, 0.6) is 5.75 Å². The molecule has 1 unspecified atom stereocenters. The highest BCUT2D eigenvalue weighted by molar-refractivity contribution is 5.27. The van der Waals surface area contributed by atoms with Gasteiger partial charge < -0.3 is 10.1 Å². The number of hydrogen-bond acceptors (Lipinski definition) is 3. The molecule has 0 aliphatic carbocycles. The number of ether oxygens (including phenoxy) is 1. The standard InChI is InChI=1S/C11H15F3N2O/c1-7(2)17-9-4-8(5-16-6-9)10(15-3)11(12,13)14/h4-7,10,15H,1-3H3. The zero-order valence-electron chi connectivity index (χ0n) is 9.88. The van der Waals surface area contributed by atoms with Crippen molar-refractivity contribution in [3.05, 3.63) is 24.0 Å². The Morgan fingerprint density at radius 2 is 1.94 bits per heavy atom. The van der Waals surface area contributed by atoms with E-state index in [1.807, 2.05) is 0 Å². The SMILES string of the molecule is CNC(c1cncc(OC(C)C)c1)C(F)(F)F. The maximum atomic E-state index is 12.7. The summed E-state index contributed by atoms with van der Waals surface area (Å²) in [4.78, 5) is 3.76. The average Bonchev–Trinajstić information content (AvgIpc) is 2.15. The van der Waals surface area contributed by atoms with Crippen LogP contribution in [0.1, 0.15) is 25.5 Å². The highest BCUT2D eigenvalue weighted by Crippen LogP contribution is 2.33. The molecule has 3 nitrogen and oxygen atoms in total. The summed E-state index contributed by atoms with van der Waals surface area (Å²) in [6.45, 7) is 3.60. The van der Waals surface area contributed by atoms with Crippen LogP contribution in [-0.2, 0) is 0 Å². The van der Waals surface area contributed by atoms with E-state index in [4.69, 9.17) is 4.74 Å². The molecule has 1 rings (SSSR count). The number of nitrogens with one attached hydrogen (secondary N) is 1. The molecule has 6 heteroatoms. The van der Waals surface area contributed by atoms with Crippen molar-refractivity contribution in [2.75, 3.05) is 7.05 Å². The lowest BCUT2D eigenvalue weighted by Gasteiger charge is -2.20. The number of hydrogen-bond donors (Lipinski definition) is 1. The van der Waals surface area contributed by atoms with Gasteiger partial charge in [-0.05, 0) is 27.0 Å². The number of aromatic nitrogens is 1. The van der Waals surface area contributed by atoms with Gasteiger partial charge in [0, 0.05) is 11.8 Å². The molecule has 0 aliphatic rings. The molecule has 0 spiro atoms. The van der Waals surface area contributed by atoms with Crippen molar-refractivity contribution in [3.63, 3.8) is 0 Å². The molecule has 0 aromatic carbocycles. The van der Waals surface area contributed by atoms with Gasteiger partial charge in [0.25, 0.3) is 0 Å². The van der Waals surface area contributed by atoms with Gasteiger partial charge >= 0.3 is 6.18 Å². The van der Waals surface area contributed by atoms with Crippen LogP contribution in [0.2, 0.25) is 0 Å². The molecule has 17 heavy (non-hydrogen) atoms. The summed E-state index contributed by atoms with van der Waals surface area (Å²) in [5.41, 5.74) is 0.0400. The highest BCUT2D eigenvalue weighted by Gasteiger charge is 2.40. The second kappa shape index (κ2) is 5.35. The van der Waals surface area contributed by atoms with Crippen LogP contribution in [0, 0.1) is 0 Å². The lowest BCUT2D eigenvalue weighted by molar-refractivity contribution is -0.156. The van der Waals surface area contributed by atoms with E-state index in [-0.39, 0.29) is 11.7 Å². The Morgan fingerprint density at radius 1 is 1.29 bits per heavy atom. The minimum absolute atomic E-state index is 0.0400. The summed E-state index contributed by atoms with van der Waals surface area (Å²) in [6.07, 6.45) is -1.88. The molecule has 0 saturated heterocycles. The Kier molecular flexibility index (Phi) is 4.34. The summed E-state index contributed by atoms with van der Waals surface area (Å²) in [5, 5.41) is 2.22. The molecule has 1 aromatic heterocycles. The fraction of sp³-hybridized carbons (Fsp3) is 0.545. The Bertz CT molecular complexity index is 366.